The molecule has 0 bridgehead atoms. The fourth-order valence-electron chi connectivity index (χ4n) is 7.76. The molecule has 3 aliphatic heterocycles. The number of nitrogens with zero attached hydrogens (tertiary/aromatic N) is 1. The summed E-state index contributed by atoms with van der Waals surface area (Å²) in [4.78, 5) is 40.8. The number of carbonyl (C=O) groups excluding carboxylic acids is 3. The van der Waals surface area contributed by atoms with E-state index in [1.807, 2.05) is 19.9 Å². The Hall–Kier alpha value is -2.15. The molecule has 0 spiro atoms. The SMILES string of the molecule is CC[C@H]1OC(=O)C[C@@H](O)[C@H](C)[C@@H](O[C@@H]2OC(C)[C@@H](O)C(N(C)C)C2O)[C@@H](CC=O)C[C@@H](C)C(=O)/C=C/C(C)=C/[C@@H]1CO[C@@H]1OC(C)[C@@H](O)C(OC)C1OC. The number of allylic oxidation sites excluding steroid dienone is 3. The number of ketones is 1. The standard InChI is InChI=1S/C39H65NO14/c1-11-29-26(19-50-39-37(49-10)36(48-9)33(46)24(6)52-39)16-20(2)12-13-27(42)21(3)17-25(14-15-41)35(22(4)28(43)18-30(44)53-29)54-38-34(47)31(40(7)8)32(45)23(5)51-38/h12-13,15-16,21-26,28-29,31-39,43,45-47H,11,14,17-19H2,1-10H3/b13-12+,20-16+/t21-,22+,23?,24?,25+,26-,28-,29-,31?,32-,33-,34?,35-,36?,37?,38+,39-/m1/s1. The van der Waals surface area contributed by atoms with Crippen molar-refractivity contribution in [2.24, 2.45) is 23.7 Å². The normalized spacial score (nSPS) is 43.6. The van der Waals surface area contributed by atoms with E-state index in [0.29, 0.717) is 12.0 Å². The molecule has 0 aromatic rings. The fraction of sp³-hybridized carbons (Fsp3) is 0.821. The minimum absolute atomic E-state index is 0.0120. The molecule has 3 aliphatic rings. The van der Waals surface area contributed by atoms with E-state index in [2.05, 4.69) is 0 Å². The summed E-state index contributed by atoms with van der Waals surface area (Å²) in [6.07, 6.45) is -5.36. The zero-order chi connectivity index (χ0) is 40.4. The maximum atomic E-state index is 13.6. The lowest BCUT2D eigenvalue weighted by Gasteiger charge is -2.46. The molecule has 3 heterocycles. The average Bonchev–Trinajstić information content (AvgIpc) is 3.12. The molecule has 2 saturated heterocycles. The molecule has 15 heteroatoms. The summed E-state index contributed by atoms with van der Waals surface area (Å²) in [6.45, 7) is 10.5. The summed E-state index contributed by atoms with van der Waals surface area (Å²) in [6, 6.07) is -0.740. The molecule has 54 heavy (non-hydrogen) atoms. The Morgan fingerprint density at radius 1 is 0.889 bits per heavy atom. The highest BCUT2D eigenvalue weighted by Crippen LogP contribution is 2.35. The lowest BCUT2D eigenvalue weighted by atomic mass is 9.79. The number of aliphatic hydroxyl groups excluding tert-OH is 4. The Morgan fingerprint density at radius 2 is 1.52 bits per heavy atom. The van der Waals surface area contributed by atoms with Gasteiger partial charge in [0.1, 0.15) is 36.8 Å². The van der Waals surface area contributed by atoms with Crippen molar-refractivity contribution < 1.29 is 68.0 Å². The second kappa shape index (κ2) is 21.4. The number of methoxy groups -OCH3 is 2. The molecule has 0 aliphatic carbocycles. The van der Waals surface area contributed by atoms with Gasteiger partial charge in [-0.05, 0) is 59.7 Å². The smallest absolute Gasteiger partial charge is 0.308 e. The molecule has 310 valence electrons. The Balaban J connectivity index is 1.96. The first-order chi connectivity index (χ1) is 25.5. The number of hydrogen-bond donors (Lipinski definition) is 4. The first kappa shape index (κ1) is 46.2. The predicted molar refractivity (Wildman–Crippen MR) is 196 cm³/mol. The molecule has 4 N–H and O–H groups in total. The monoisotopic (exact) mass is 771 g/mol. The number of cyclic esters (lactones) is 1. The van der Waals surface area contributed by atoms with Crippen molar-refractivity contribution in [3.63, 3.8) is 0 Å². The van der Waals surface area contributed by atoms with Gasteiger partial charge in [0.15, 0.2) is 18.4 Å². The van der Waals surface area contributed by atoms with Gasteiger partial charge < -0.3 is 63.3 Å². The van der Waals surface area contributed by atoms with Crippen LogP contribution in [0.2, 0.25) is 0 Å². The summed E-state index contributed by atoms with van der Waals surface area (Å²) in [5, 5.41) is 44.2. The van der Waals surface area contributed by atoms with Gasteiger partial charge in [-0.3, -0.25) is 9.59 Å². The Morgan fingerprint density at radius 3 is 2.11 bits per heavy atom. The molecule has 15 nitrogen and oxygen atoms in total. The van der Waals surface area contributed by atoms with Crippen LogP contribution in [0.4, 0.5) is 0 Å². The van der Waals surface area contributed by atoms with E-state index >= 15 is 0 Å². The number of esters is 1. The largest absolute Gasteiger partial charge is 0.462 e. The molecule has 2 fully saturated rings. The number of likely N-dealkylation sites (N-methyl/N-ethyl adjacent to an activating group) is 1. The van der Waals surface area contributed by atoms with Crippen molar-refractivity contribution in [1.29, 1.82) is 0 Å². The van der Waals surface area contributed by atoms with Crippen molar-refractivity contribution in [3.05, 3.63) is 23.8 Å². The average molecular weight is 772 g/mol. The summed E-state index contributed by atoms with van der Waals surface area (Å²) >= 11 is 0. The molecule has 0 saturated carbocycles. The van der Waals surface area contributed by atoms with Crippen LogP contribution < -0.4 is 0 Å². The zero-order valence-electron chi connectivity index (χ0n) is 33.5. The number of hydrogen-bond acceptors (Lipinski definition) is 15. The van der Waals surface area contributed by atoms with Gasteiger partial charge in [0, 0.05) is 38.4 Å². The fourth-order valence-corrected chi connectivity index (χ4v) is 7.76. The second-order valence-corrected chi connectivity index (χ2v) is 15.4. The van der Waals surface area contributed by atoms with Crippen LogP contribution in [-0.2, 0) is 47.5 Å². The van der Waals surface area contributed by atoms with Crippen LogP contribution >= 0.6 is 0 Å². The van der Waals surface area contributed by atoms with E-state index in [1.165, 1.54) is 20.3 Å². The van der Waals surface area contributed by atoms with Crippen molar-refractivity contribution in [3.8, 4) is 0 Å². The van der Waals surface area contributed by atoms with Crippen LogP contribution in [0.3, 0.4) is 0 Å². The summed E-state index contributed by atoms with van der Waals surface area (Å²) in [5.41, 5.74) is 0.701. The lowest BCUT2D eigenvalue weighted by molar-refractivity contribution is -0.304. The van der Waals surface area contributed by atoms with Gasteiger partial charge in [0.2, 0.25) is 0 Å². The Kier molecular flexibility index (Phi) is 18.3. The van der Waals surface area contributed by atoms with Gasteiger partial charge in [-0.1, -0.05) is 38.5 Å². The number of carbonyl (C=O) groups is 3. The molecular weight excluding hydrogens is 706 g/mol. The van der Waals surface area contributed by atoms with Gasteiger partial charge in [0.25, 0.3) is 0 Å². The molecule has 0 amide bonds. The van der Waals surface area contributed by atoms with Crippen molar-refractivity contribution in [1.82, 2.24) is 4.90 Å². The second-order valence-electron chi connectivity index (χ2n) is 15.4. The molecule has 0 aromatic carbocycles. The molecule has 17 atom stereocenters. The predicted octanol–water partition coefficient (Wildman–Crippen LogP) is 1.56. The molecule has 0 radical (unpaired) electrons. The summed E-state index contributed by atoms with van der Waals surface area (Å²) in [7, 11) is 6.36. The highest BCUT2D eigenvalue weighted by molar-refractivity contribution is 5.91. The molecule has 3 rings (SSSR count). The van der Waals surface area contributed by atoms with Gasteiger partial charge >= 0.3 is 5.97 Å². The van der Waals surface area contributed by atoms with Crippen LogP contribution in [0, 0.1) is 23.7 Å². The van der Waals surface area contributed by atoms with E-state index in [4.69, 9.17) is 33.2 Å². The number of ether oxygens (including phenoxy) is 7. The lowest BCUT2D eigenvalue weighted by Crippen LogP contribution is -2.63. The van der Waals surface area contributed by atoms with Crippen molar-refractivity contribution in [2.75, 3.05) is 34.9 Å². The van der Waals surface area contributed by atoms with Crippen LogP contribution in [0.15, 0.2) is 23.8 Å². The number of aldehydes is 1. The summed E-state index contributed by atoms with van der Waals surface area (Å²) < 4.78 is 41.6. The maximum absolute atomic E-state index is 13.6. The van der Waals surface area contributed by atoms with E-state index in [1.54, 1.807) is 52.8 Å². The van der Waals surface area contributed by atoms with Gasteiger partial charge in [0.05, 0.1) is 49.6 Å². The van der Waals surface area contributed by atoms with Gasteiger partial charge in [-0.25, -0.2) is 0 Å². The van der Waals surface area contributed by atoms with Crippen LogP contribution in [-0.4, -0.2) is 158 Å². The van der Waals surface area contributed by atoms with Crippen molar-refractivity contribution >= 4 is 18.0 Å². The van der Waals surface area contributed by atoms with Crippen LogP contribution in [0.1, 0.15) is 67.2 Å². The molecule has 6 unspecified atom stereocenters. The minimum Gasteiger partial charge on any atom is -0.462 e. The first-order valence-electron chi connectivity index (χ1n) is 19.0. The highest BCUT2D eigenvalue weighted by Gasteiger charge is 2.48. The first-order valence-corrected chi connectivity index (χ1v) is 19.0. The van der Waals surface area contributed by atoms with Gasteiger partial charge in [-0.15, -0.1) is 0 Å². The quantitative estimate of drug-likeness (QED) is 0.174. The van der Waals surface area contributed by atoms with Crippen LogP contribution in [0.25, 0.3) is 0 Å². The highest BCUT2D eigenvalue weighted by atomic mass is 16.7. The topological polar surface area (TPSA) is 200 Å². The molecule has 0 aromatic heterocycles. The van der Waals surface area contributed by atoms with Crippen molar-refractivity contribution in [2.45, 2.75) is 147 Å². The third-order valence-electron chi connectivity index (χ3n) is 11.1. The van der Waals surface area contributed by atoms with Crippen LogP contribution in [0.5, 0.6) is 0 Å². The molecular formula is C39H65NO14. The van der Waals surface area contributed by atoms with Gasteiger partial charge in [-0.2, -0.15) is 0 Å². The van der Waals surface area contributed by atoms with E-state index < -0.39 is 116 Å². The third-order valence-corrected chi connectivity index (χ3v) is 11.1. The van der Waals surface area contributed by atoms with E-state index in [0.717, 1.165) is 6.29 Å². The zero-order valence-corrected chi connectivity index (χ0v) is 33.5. The summed E-state index contributed by atoms with van der Waals surface area (Å²) in [5.74, 6) is -3.37. The van der Waals surface area contributed by atoms with E-state index in [9.17, 15) is 34.8 Å². The Labute approximate surface area is 319 Å². The minimum atomic E-state index is -1.31. The number of rotatable bonds is 11. The Bertz CT molecular complexity index is 1260. The maximum Gasteiger partial charge on any atom is 0.308 e. The number of aliphatic hydroxyl groups is 4. The van der Waals surface area contributed by atoms with E-state index in [-0.39, 0.29) is 25.2 Å². The third kappa shape index (κ3) is 11.7.